The third-order valence-electron chi connectivity index (χ3n) is 2.93. The minimum Gasteiger partial charge on any atom is -0.338 e. The van der Waals surface area contributed by atoms with E-state index >= 15 is 0 Å². The predicted molar refractivity (Wildman–Crippen MR) is 68.1 cm³/mol. The summed E-state index contributed by atoms with van der Waals surface area (Å²) in [5, 5.41) is 5.91. The van der Waals surface area contributed by atoms with Gasteiger partial charge in [-0.25, -0.2) is 5.10 Å². The Hall–Kier alpha value is -1.89. The molecular weight excluding hydrogens is 272 g/mol. The van der Waals surface area contributed by atoms with E-state index < -0.39 is 0 Å². The maximum Gasteiger partial charge on any atom is 0.274 e. The van der Waals surface area contributed by atoms with Crippen molar-refractivity contribution >= 4 is 23.4 Å². The molecule has 1 aromatic heterocycles. The number of halogens is 1. The van der Waals surface area contributed by atoms with Crippen molar-refractivity contribution in [3.05, 3.63) is 28.2 Å². The topological polar surface area (TPSA) is 86.4 Å². The first-order chi connectivity index (χ1) is 9.11. The maximum atomic E-state index is 12.1. The second-order valence-corrected chi connectivity index (χ2v) is 4.38. The lowest BCUT2D eigenvalue weighted by molar-refractivity contribution is -0.129. The molecule has 8 heteroatoms. The molecule has 19 heavy (non-hydrogen) atoms. The van der Waals surface area contributed by atoms with Crippen molar-refractivity contribution in [2.24, 2.45) is 0 Å². The number of carbonyl (C=O) groups is 2. The van der Waals surface area contributed by atoms with Crippen LogP contribution in [0.1, 0.15) is 10.5 Å². The van der Waals surface area contributed by atoms with Gasteiger partial charge in [0, 0.05) is 32.2 Å². The van der Waals surface area contributed by atoms with E-state index in [0.717, 1.165) is 0 Å². The van der Waals surface area contributed by atoms with Gasteiger partial charge in [-0.15, -0.1) is 11.6 Å². The Morgan fingerprint density at radius 2 is 1.84 bits per heavy atom. The van der Waals surface area contributed by atoms with Crippen LogP contribution in [0.5, 0.6) is 0 Å². The summed E-state index contributed by atoms with van der Waals surface area (Å²) in [5.41, 5.74) is -0.161. The summed E-state index contributed by atoms with van der Waals surface area (Å²) in [6.07, 6.45) is 0. The average molecular weight is 285 g/mol. The van der Waals surface area contributed by atoms with Gasteiger partial charge in [0.25, 0.3) is 11.5 Å². The van der Waals surface area contributed by atoms with E-state index in [0.29, 0.717) is 26.2 Å². The van der Waals surface area contributed by atoms with Gasteiger partial charge in [0.05, 0.1) is 0 Å². The molecular formula is C11H13ClN4O3. The van der Waals surface area contributed by atoms with E-state index in [9.17, 15) is 14.4 Å². The number of alkyl halides is 1. The van der Waals surface area contributed by atoms with Crippen molar-refractivity contribution in [3.8, 4) is 0 Å². The molecule has 102 valence electrons. The first-order valence-electron chi connectivity index (χ1n) is 5.80. The third kappa shape index (κ3) is 3.11. The van der Waals surface area contributed by atoms with Crippen LogP contribution < -0.4 is 5.56 Å². The molecule has 1 saturated heterocycles. The number of amides is 2. The molecule has 2 heterocycles. The molecule has 1 aliphatic rings. The summed E-state index contributed by atoms with van der Waals surface area (Å²) in [5.74, 6) is -0.430. The van der Waals surface area contributed by atoms with Crippen molar-refractivity contribution in [2.45, 2.75) is 0 Å². The molecule has 0 aromatic carbocycles. The smallest absolute Gasteiger partial charge is 0.274 e. The number of rotatable bonds is 2. The van der Waals surface area contributed by atoms with Gasteiger partial charge in [-0.1, -0.05) is 0 Å². The standard InChI is InChI=1S/C11H13ClN4O3/c12-7-10(18)15-3-5-16(6-4-15)11(19)8-1-2-9(17)14-13-8/h1-2H,3-7H2,(H,14,17). The van der Waals surface area contributed by atoms with Crippen molar-refractivity contribution < 1.29 is 9.59 Å². The predicted octanol–water partition coefficient (Wildman–Crippen LogP) is -0.707. The molecule has 1 aliphatic heterocycles. The van der Waals surface area contributed by atoms with Crippen LogP contribution in [0.3, 0.4) is 0 Å². The number of aromatic nitrogens is 2. The molecule has 0 radical (unpaired) electrons. The van der Waals surface area contributed by atoms with Crippen LogP contribution in [0.4, 0.5) is 0 Å². The SMILES string of the molecule is O=C(CCl)N1CCN(C(=O)c2ccc(=O)[nH]n2)CC1. The van der Waals surface area contributed by atoms with Crippen molar-refractivity contribution in [1.82, 2.24) is 20.0 Å². The highest BCUT2D eigenvalue weighted by Gasteiger charge is 2.24. The molecule has 0 saturated carbocycles. The average Bonchev–Trinajstić information content (AvgIpc) is 2.46. The summed E-state index contributed by atoms with van der Waals surface area (Å²) < 4.78 is 0. The number of nitrogens with one attached hydrogen (secondary N) is 1. The van der Waals surface area contributed by atoms with Gasteiger partial charge < -0.3 is 9.80 Å². The molecule has 2 rings (SSSR count). The highest BCUT2D eigenvalue weighted by molar-refractivity contribution is 6.27. The van der Waals surface area contributed by atoms with Crippen molar-refractivity contribution in [2.75, 3.05) is 32.1 Å². The van der Waals surface area contributed by atoms with E-state index in [1.807, 2.05) is 0 Å². The minimum atomic E-state index is -0.353. The monoisotopic (exact) mass is 284 g/mol. The number of H-pyrrole nitrogens is 1. The van der Waals surface area contributed by atoms with Crippen LogP contribution in [0.25, 0.3) is 0 Å². The van der Waals surface area contributed by atoms with Crippen molar-refractivity contribution in [3.63, 3.8) is 0 Å². The van der Waals surface area contributed by atoms with Crippen molar-refractivity contribution in [1.29, 1.82) is 0 Å². The Kier molecular flexibility index (Phi) is 4.16. The van der Waals surface area contributed by atoms with Gasteiger partial charge >= 0.3 is 0 Å². The number of hydrogen-bond acceptors (Lipinski definition) is 4. The highest BCUT2D eigenvalue weighted by Crippen LogP contribution is 2.06. The van der Waals surface area contributed by atoms with E-state index in [1.165, 1.54) is 12.1 Å². The lowest BCUT2D eigenvalue weighted by atomic mass is 10.2. The second-order valence-electron chi connectivity index (χ2n) is 4.11. The number of nitrogens with zero attached hydrogens (tertiary/aromatic N) is 3. The second kappa shape index (κ2) is 5.83. The van der Waals surface area contributed by atoms with Gasteiger partial charge in [-0.05, 0) is 6.07 Å². The largest absolute Gasteiger partial charge is 0.338 e. The van der Waals surface area contributed by atoms with Crippen LogP contribution in [0, 0.1) is 0 Å². The maximum absolute atomic E-state index is 12.1. The lowest BCUT2D eigenvalue weighted by Crippen LogP contribution is -2.51. The molecule has 1 N–H and O–H groups in total. The Morgan fingerprint density at radius 1 is 1.21 bits per heavy atom. The third-order valence-corrected chi connectivity index (χ3v) is 3.16. The Morgan fingerprint density at radius 3 is 2.37 bits per heavy atom. The first-order valence-corrected chi connectivity index (χ1v) is 6.34. The molecule has 7 nitrogen and oxygen atoms in total. The van der Waals surface area contributed by atoms with Gasteiger partial charge in [-0.2, -0.15) is 5.10 Å². The fourth-order valence-corrected chi connectivity index (χ4v) is 2.04. The molecule has 1 fully saturated rings. The quantitative estimate of drug-likeness (QED) is 0.727. The normalized spacial score (nSPS) is 15.4. The number of piperazine rings is 1. The van der Waals surface area contributed by atoms with Gasteiger partial charge in [0.15, 0.2) is 0 Å². The van der Waals surface area contributed by atoms with Crippen LogP contribution in [-0.4, -0.2) is 63.9 Å². The Balaban J connectivity index is 1.98. The number of carbonyl (C=O) groups excluding carboxylic acids is 2. The zero-order chi connectivity index (χ0) is 13.8. The van der Waals surface area contributed by atoms with Crippen LogP contribution in [0.2, 0.25) is 0 Å². The summed E-state index contributed by atoms with van der Waals surface area (Å²) in [6.45, 7) is 1.78. The van der Waals surface area contributed by atoms with Crippen LogP contribution in [-0.2, 0) is 4.79 Å². The fourth-order valence-electron chi connectivity index (χ4n) is 1.87. The van der Waals surface area contributed by atoms with E-state index in [4.69, 9.17) is 11.6 Å². The Bertz CT molecular complexity index is 516. The molecule has 0 bridgehead atoms. The molecule has 1 aromatic rings. The van der Waals surface area contributed by atoms with E-state index in [2.05, 4.69) is 10.2 Å². The van der Waals surface area contributed by atoms with Crippen LogP contribution >= 0.6 is 11.6 Å². The molecule has 0 unspecified atom stereocenters. The fraction of sp³-hybridized carbons (Fsp3) is 0.455. The number of aromatic amines is 1. The molecule has 0 aliphatic carbocycles. The summed E-state index contributed by atoms with van der Waals surface area (Å²) >= 11 is 5.48. The van der Waals surface area contributed by atoms with E-state index in [1.54, 1.807) is 9.80 Å². The van der Waals surface area contributed by atoms with Gasteiger partial charge in [0.2, 0.25) is 5.91 Å². The molecule has 0 atom stereocenters. The molecule has 2 amide bonds. The van der Waals surface area contributed by atoms with E-state index in [-0.39, 0.29) is 28.9 Å². The Labute approximate surface area is 114 Å². The van der Waals surface area contributed by atoms with Gasteiger partial charge in [-0.3, -0.25) is 14.4 Å². The van der Waals surface area contributed by atoms with Crippen LogP contribution in [0.15, 0.2) is 16.9 Å². The summed E-state index contributed by atoms with van der Waals surface area (Å²) in [6, 6.07) is 2.64. The minimum absolute atomic E-state index is 0.0462. The summed E-state index contributed by atoms with van der Waals surface area (Å²) in [7, 11) is 0. The lowest BCUT2D eigenvalue weighted by Gasteiger charge is -2.34. The zero-order valence-corrected chi connectivity index (χ0v) is 10.9. The van der Waals surface area contributed by atoms with Gasteiger partial charge in [0.1, 0.15) is 11.6 Å². The zero-order valence-electron chi connectivity index (χ0n) is 10.1. The molecule has 0 spiro atoms. The number of hydrogen-bond donors (Lipinski definition) is 1. The highest BCUT2D eigenvalue weighted by atomic mass is 35.5. The first kappa shape index (κ1) is 13.5. The summed E-state index contributed by atoms with van der Waals surface area (Å²) in [4.78, 5) is 37.5.